The van der Waals surface area contributed by atoms with Crippen LogP contribution < -0.4 is 9.47 Å². The highest BCUT2D eigenvalue weighted by Gasteiger charge is 2.48. The molecule has 0 radical (unpaired) electrons. The Morgan fingerprint density at radius 2 is 1.70 bits per heavy atom. The SMILES string of the molecule is CCCOc1ccc([C@@H]2C(=O)N(C3CCC(C)CC3)CC(=O)N2C2CC2)cc1OC. The van der Waals surface area contributed by atoms with Gasteiger partial charge in [0.2, 0.25) is 5.91 Å². The minimum absolute atomic E-state index is 0.0605. The molecule has 3 fully saturated rings. The highest BCUT2D eigenvalue weighted by molar-refractivity contribution is 5.96. The molecule has 2 amide bonds. The first kappa shape index (κ1) is 21.0. The van der Waals surface area contributed by atoms with Gasteiger partial charge in [-0.2, -0.15) is 0 Å². The van der Waals surface area contributed by atoms with Gasteiger partial charge in [-0.25, -0.2) is 0 Å². The maximum Gasteiger partial charge on any atom is 0.250 e. The fraction of sp³-hybridized carbons (Fsp3) is 0.667. The molecule has 164 valence electrons. The summed E-state index contributed by atoms with van der Waals surface area (Å²) in [5, 5.41) is 0. The summed E-state index contributed by atoms with van der Waals surface area (Å²) in [7, 11) is 1.61. The second-order valence-electron chi connectivity index (χ2n) is 9.07. The molecule has 1 saturated heterocycles. The van der Waals surface area contributed by atoms with E-state index in [2.05, 4.69) is 13.8 Å². The summed E-state index contributed by atoms with van der Waals surface area (Å²) in [6.45, 7) is 5.16. The largest absolute Gasteiger partial charge is 0.493 e. The number of piperazine rings is 1. The molecule has 1 aliphatic heterocycles. The Kier molecular flexibility index (Phi) is 6.21. The van der Waals surface area contributed by atoms with Crippen molar-refractivity contribution in [2.24, 2.45) is 5.92 Å². The number of carbonyl (C=O) groups excluding carboxylic acids is 2. The number of amides is 2. The fourth-order valence-electron chi connectivity index (χ4n) is 4.84. The predicted octanol–water partition coefficient (Wildman–Crippen LogP) is 3.94. The van der Waals surface area contributed by atoms with Crippen molar-refractivity contribution < 1.29 is 19.1 Å². The van der Waals surface area contributed by atoms with Gasteiger partial charge in [0.15, 0.2) is 11.5 Å². The van der Waals surface area contributed by atoms with Gasteiger partial charge >= 0.3 is 0 Å². The van der Waals surface area contributed by atoms with E-state index in [-0.39, 0.29) is 30.4 Å². The molecule has 3 aliphatic rings. The molecule has 30 heavy (non-hydrogen) atoms. The number of nitrogens with zero attached hydrogens (tertiary/aromatic N) is 2. The summed E-state index contributed by atoms with van der Waals surface area (Å²) in [5.41, 5.74) is 0.815. The summed E-state index contributed by atoms with van der Waals surface area (Å²) >= 11 is 0. The smallest absolute Gasteiger partial charge is 0.250 e. The van der Waals surface area contributed by atoms with Crippen molar-refractivity contribution in [2.75, 3.05) is 20.3 Å². The van der Waals surface area contributed by atoms with Gasteiger partial charge in [0, 0.05) is 12.1 Å². The Hall–Kier alpha value is -2.24. The van der Waals surface area contributed by atoms with Crippen molar-refractivity contribution in [3.63, 3.8) is 0 Å². The summed E-state index contributed by atoms with van der Waals surface area (Å²) in [6, 6.07) is 5.46. The molecule has 0 bridgehead atoms. The van der Waals surface area contributed by atoms with Gasteiger partial charge in [0.25, 0.3) is 5.91 Å². The highest BCUT2D eigenvalue weighted by Crippen LogP contribution is 2.41. The van der Waals surface area contributed by atoms with Gasteiger partial charge in [-0.3, -0.25) is 9.59 Å². The van der Waals surface area contributed by atoms with Crippen LogP contribution in [0.15, 0.2) is 18.2 Å². The maximum absolute atomic E-state index is 13.7. The lowest BCUT2D eigenvalue weighted by atomic mass is 9.85. The number of carbonyl (C=O) groups is 2. The second-order valence-corrected chi connectivity index (χ2v) is 9.07. The van der Waals surface area contributed by atoms with Crippen molar-refractivity contribution >= 4 is 11.8 Å². The van der Waals surface area contributed by atoms with Crippen LogP contribution in [0.3, 0.4) is 0 Å². The second kappa shape index (κ2) is 8.86. The van der Waals surface area contributed by atoms with E-state index in [4.69, 9.17) is 9.47 Å². The minimum Gasteiger partial charge on any atom is -0.493 e. The number of methoxy groups -OCH3 is 1. The Bertz CT molecular complexity index is 783. The number of ether oxygens (including phenoxy) is 2. The van der Waals surface area contributed by atoms with Gasteiger partial charge in [0.05, 0.1) is 13.7 Å². The molecular weight excluding hydrogens is 380 g/mol. The molecule has 2 aliphatic carbocycles. The van der Waals surface area contributed by atoms with E-state index >= 15 is 0 Å². The monoisotopic (exact) mass is 414 g/mol. The van der Waals surface area contributed by atoms with Crippen molar-refractivity contribution in [1.82, 2.24) is 9.80 Å². The molecule has 4 rings (SSSR count). The fourth-order valence-corrected chi connectivity index (χ4v) is 4.84. The third-order valence-corrected chi connectivity index (χ3v) is 6.72. The summed E-state index contributed by atoms with van der Waals surface area (Å²) in [6.07, 6.45) is 7.09. The first-order valence-electron chi connectivity index (χ1n) is 11.5. The van der Waals surface area contributed by atoms with Crippen LogP contribution in [0.5, 0.6) is 11.5 Å². The molecule has 2 saturated carbocycles. The van der Waals surface area contributed by atoms with Gasteiger partial charge in [0.1, 0.15) is 12.6 Å². The zero-order chi connectivity index (χ0) is 21.3. The topological polar surface area (TPSA) is 59.1 Å². The Morgan fingerprint density at radius 1 is 1.00 bits per heavy atom. The van der Waals surface area contributed by atoms with Gasteiger partial charge in [-0.15, -0.1) is 0 Å². The standard InChI is InChI=1S/C24H34N2O4/c1-4-13-30-20-12-7-17(14-21(20)29-3)23-24(28)25(18-8-5-16(2)6-9-18)15-22(27)26(23)19-10-11-19/h7,12,14,16,18-19,23H,4-6,8-11,13,15H2,1-3H3/t16?,18?,23-/m1/s1. The van der Waals surface area contributed by atoms with E-state index in [1.54, 1.807) is 7.11 Å². The molecule has 6 heteroatoms. The van der Waals surface area contributed by atoms with Crippen LogP contribution in [0.25, 0.3) is 0 Å². The Balaban J connectivity index is 1.64. The minimum atomic E-state index is -0.563. The van der Waals surface area contributed by atoms with Crippen molar-refractivity contribution in [1.29, 1.82) is 0 Å². The van der Waals surface area contributed by atoms with E-state index in [0.29, 0.717) is 24.0 Å². The highest BCUT2D eigenvalue weighted by atomic mass is 16.5. The van der Waals surface area contributed by atoms with Crippen LogP contribution in [0.4, 0.5) is 0 Å². The zero-order valence-corrected chi connectivity index (χ0v) is 18.4. The van der Waals surface area contributed by atoms with Crippen molar-refractivity contribution in [2.45, 2.75) is 76.9 Å². The van der Waals surface area contributed by atoms with E-state index < -0.39 is 6.04 Å². The van der Waals surface area contributed by atoms with Crippen LogP contribution in [-0.4, -0.2) is 54.0 Å². The molecule has 0 aromatic heterocycles. The van der Waals surface area contributed by atoms with Gasteiger partial charge in [-0.1, -0.05) is 19.9 Å². The zero-order valence-electron chi connectivity index (χ0n) is 18.4. The van der Waals surface area contributed by atoms with Crippen LogP contribution in [0, 0.1) is 5.92 Å². The van der Waals surface area contributed by atoms with Crippen molar-refractivity contribution in [3.05, 3.63) is 23.8 Å². The molecular formula is C24H34N2O4. The predicted molar refractivity (Wildman–Crippen MR) is 115 cm³/mol. The summed E-state index contributed by atoms with van der Waals surface area (Å²) in [4.78, 5) is 30.6. The number of hydrogen-bond donors (Lipinski definition) is 0. The molecule has 0 unspecified atom stereocenters. The lowest BCUT2D eigenvalue weighted by Gasteiger charge is -2.45. The lowest BCUT2D eigenvalue weighted by Crippen LogP contribution is -2.59. The van der Waals surface area contributed by atoms with Crippen molar-refractivity contribution in [3.8, 4) is 11.5 Å². The molecule has 0 spiro atoms. The quantitative estimate of drug-likeness (QED) is 0.678. The maximum atomic E-state index is 13.7. The first-order valence-corrected chi connectivity index (χ1v) is 11.5. The normalized spacial score (nSPS) is 27.4. The lowest BCUT2D eigenvalue weighted by molar-refractivity contribution is -0.160. The summed E-state index contributed by atoms with van der Waals surface area (Å²) in [5.74, 6) is 2.13. The van der Waals surface area contributed by atoms with Gasteiger partial charge < -0.3 is 19.3 Å². The van der Waals surface area contributed by atoms with E-state index in [9.17, 15) is 9.59 Å². The molecule has 1 atom stereocenters. The Labute approximate surface area is 179 Å². The third-order valence-electron chi connectivity index (χ3n) is 6.72. The molecule has 0 N–H and O–H groups in total. The molecule has 1 aromatic rings. The molecule has 1 aromatic carbocycles. The Morgan fingerprint density at radius 3 is 2.33 bits per heavy atom. The average molecular weight is 415 g/mol. The average Bonchev–Trinajstić information content (AvgIpc) is 3.59. The van der Waals surface area contributed by atoms with E-state index in [1.165, 1.54) is 0 Å². The summed E-state index contributed by atoms with van der Waals surface area (Å²) < 4.78 is 11.3. The third kappa shape index (κ3) is 4.14. The molecule has 6 nitrogen and oxygen atoms in total. The van der Waals surface area contributed by atoms with Crippen LogP contribution in [0.1, 0.15) is 70.4 Å². The first-order chi connectivity index (χ1) is 14.5. The number of hydrogen-bond acceptors (Lipinski definition) is 4. The van der Waals surface area contributed by atoms with Crippen LogP contribution >= 0.6 is 0 Å². The van der Waals surface area contributed by atoms with Crippen LogP contribution in [0.2, 0.25) is 0 Å². The molecule has 1 heterocycles. The van der Waals surface area contributed by atoms with Crippen LogP contribution in [-0.2, 0) is 9.59 Å². The number of benzene rings is 1. The van der Waals surface area contributed by atoms with E-state index in [1.807, 2.05) is 28.0 Å². The number of rotatable bonds is 7. The van der Waals surface area contributed by atoms with Gasteiger partial charge in [-0.05, 0) is 68.6 Å². The van der Waals surface area contributed by atoms with E-state index in [0.717, 1.165) is 50.5 Å².